The van der Waals surface area contributed by atoms with Crippen molar-refractivity contribution in [1.29, 1.82) is 0 Å². The van der Waals surface area contributed by atoms with E-state index in [2.05, 4.69) is 20.4 Å². The fraction of sp³-hybridized carbons (Fsp3) is 0.440. The van der Waals surface area contributed by atoms with Gasteiger partial charge in [-0.1, -0.05) is 30.3 Å². The Kier molecular flexibility index (Phi) is 8.25. The van der Waals surface area contributed by atoms with E-state index in [4.69, 9.17) is 4.74 Å². The van der Waals surface area contributed by atoms with Crippen molar-refractivity contribution in [1.82, 2.24) is 15.1 Å². The van der Waals surface area contributed by atoms with Gasteiger partial charge < -0.3 is 15.4 Å². The van der Waals surface area contributed by atoms with Crippen molar-refractivity contribution in [3.63, 3.8) is 0 Å². The van der Waals surface area contributed by atoms with Gasteiger partial charge in [-0.2, -0.15) is 0 Å². The molecule has 172 valence electrons. The maximum absolute atomic E-state index is 12.7. The molecule has 0 spiro atoms. The summed E-state index contributed by atoms with van der Waals surface area (Å²) < 4.78 is 5.93. The Morgan fingerprint density at radius 2 is 1.44 bits per heavy atom. The molecule has 3 rings (SSSR count). The van der Waals surface area contributed by atoms with Crippen molar-refractivity contribution >= 4 is 17.5 Å². The molecule has 1 aliphatic heterocycles. The minimum absolute atomic E-state index is 0.0405. The summed E-state index contributed by atoms with van der Waals surface area (Å²) in [5.74, 6) is 1.29. The molecule has 0 aliphatic carbocycles. The van der Waals surface area contributed by atoms with Crippen molar-refractivity contribution in [3.8, 4) is 11.5 Å². The molecule has 2 aromatic rings. The maximum atomic E-state index is 12.7. The van der Waals surface area contributed by atoms with E-state index in [0.29, 0.717) is 24.5 Å². The summed E-state index contributed by atoms with van der Waals surface area (Å²) in [5.41, 5.74) is 0.421. The molecule has 1 saturated heterocycles. The molecule has 2 aromatic carbocycles. The van der Waals surface area contributed by atoms with Gasteiger partial charge in [0.1, 0.15) is 5.75 Å². The number of anilines is 1. The zero-order valence-electron chi connectivity index (χ0n) is 19.3. The highest BCUT2D eigenvalue weighted by molar-refractivity contribution is 5.93. The van der Waals surface area contributed by atoms with E-state index >= 15 is 0 Å². The number of para-hydroxylation sites is 3. The standard InChI is InChI=1S/C25H34N4O3/c1-25(2,3)27-24(31)19-29-15-9-14-28(16-17-29)18-23(30)26-21-12-7-8-13-22(21)32-20-10-5-4-6-11-20/h4-8,10-13H,9,14-19H2,1-3H3,(H,26,30)(H,27,31). The second kappa shape index (κ2) is 11.1. The molecule has 32 heavy (non-hydrogen) atoms. The summed E-state index contributed by atoms with van der Waals surface area (Å²) in [4.78, 5) is 29.2. The largest absolute Gasteiger partial charge is 0.455 e. The van der Waals surface area contributed by atoms with Crippen LogP contribution in [0.2, 0.25) is 0 Å². The summed E-state index contributed by atoms with van der Waals surface area (Å²) in [7, 11) is 0. The lowest BCUT2D eigenvalue weighted by Gasteiger charge is -2.25. The van der Waals surface area contributed by atoms with Crippen LogP contribution in [-0.4, -0.2) is 66.4 Å². The normalized spacial score (nSPS) is 15.6. The Morgan fingerprint density at radius 1 is 0.844 bits per heavy atom. The number of carbonyl (C=O) groups is 2. The van der Waals surface area contributed by atoms with Crippen LogP contribution < -0.4 is 15.4 Å². The lowest BCUT2D eigenvalue weighted by molar-refractivity contribution is -0.123. The first-order chi connectivity index (χ1) is 15.3. The highest BCUT2D eigenvalue weighted by Gasteiger charge is 2.21. The average molecular weight is 439 g/mol. The zero-order valence-corrected chi connectivity index (χ0v) is 19.3. The monoisotopic (exact) mass is 438 g/mol. The van der Waals surface area contributed by atoms with Crippen LogP contribution in [0, 0.1) is 0 Å². The molecule has 0 saturated carbocycles. The summed E-state index contributed by atoms with van der Waals surface area (Å²) in [6.07, 6.45) is 0.920. The molecule has 2 N–H and O–H groups in total. The second-order valence-corrected chi connectivity index (χ2v) is 9.16. The van der Waals surface area contributed by atoms with Crippen LogP contribution in [0.5, 0.6) is 11.5 Å². The quantitative estimate of drug-likeness (QED) is 0.694. The Bertz CT molecular complexity index is 896. The van der Waals surface area contributed by atoms with Gasteiger partial charge in [-0.3, -0.25) is 19.4 Å². The van der Waals surface area contributed by atoms with Crippen LogP contribution in [0.1, 0.15) is 27.2 Å². The van der Waals surface area contributed by atoms with E-state index in [-0.39, 0.29) is 17.4 Å². The number of hydrogen-bond donors (Lipinski definition) is 2. The van der Waals surface area contributed by atoms with Crippen molar-refractivity contribution in [2.75, 3.05) is 44.6 Å². The molecule has 0 atom stereocenters. The van der Waals surface area contributed by atoms with Gasteiger partial charge in [-0.15, -0.1) is 0 Å². The van der Waals surface area contributed by atoms with Crippen molar-refractivity contribution in [2.45, 2.75) is 32.7 Å². The molecule has 2 amide bonds. The molecular formula is C25H34N4O3. The van der Waals surface area contributed by atoms with Crippen LogP contribution in [0.25, 0.3) is 0 Å². The van der Waals surface area contributed by atoms with Gasteiger partial charge in [0.05, 0.1) is 18.8 Å². The highest BCUT2D eigenvalue weighted by atomic mass is 16.5. The third-order valence-corrected chi connectivity index (χ3v) is 5.06. The molecule has 0 radical (unpaired) electrons. The van der Waals surface area contributed by atoms with Crippen LogP contribution in [0.15, 0.2) is 54.6 Å². The van der Waals surface area contributed by atoms with Crippen molar-refractivity contribution in [3.05, 3.63) is 54.6 Å². The summed E-state index contributed by atoms with van der Waals surface area (Å²) in [6, 6.07) is 16.9. The van der Waals surface area contributed by atoms with E-state index in [1.54, 1.807) is 0 Å². The fourth-order valence-electron chi connectivity index (χ4n) is 3.67. The molecule has 0 unspecified atom stereocenters. The molecule has 7 heteroatoms. The average Bonchev–Trinajstić information content (AvgIpc) is 2.94. The van der Waals surface area contributed by atoms with E-state index in [1.165, 1.54) is 0 Å². The van der Waals surface area contributed by atoms with E-state index in [0.717, 1.165) is 38.3 Å². The second-order valence-electron chi connectivity index (χ2n) is 9.16. The SMILES string of the molecule is CC(C)(C)NC(=O)CN1CCCN(CC(=O)Nc2ccccc2Oc2ccccc2)CC1. The molecular weight excluding hydrogens is 404 g/mol. The maximum Gasteiger partial charge on any atom is 0.238 e. The van der Waals surface area contributed by atoms with E-state index < -0.39 is 0 Å². The topological polar surface area (TPSA) is 73.9 Å². The first-order valence-electron chi connectivity index (χ1n) is 11.2. The number of benzene rings is 2. The summed E-state index contributed by atoms with van der Waals surface area (Å²) in [5, 5.41) is 5.99. The Labute approximate surface area is 190 Å². The molecule has 7 nitrogen and oxygen atoms in total. The van der Waals surface area contributed by atoms with Gasteiger partial charge in [0.25, 0.3) is 0 Å². The Hall–Kier alpha value is -2.90. The lowest BCUT2D eigenvalue weighted by Crippen LogP contribution is -2.46. The third kappa shape index (κ3) is 7.98. The van der Waals surface area contributed by atoms with Gasteiger partial charge in [-0.25, -0.2) is 0 Å². The van der Waals surface area contributed by atoms with Gasteiger partial charge in [0, 0.05) is 18.6 Å². The van der Waals surface area contributed by atoms with Crippen LogP contribution in [0.4, 0.5) is 5.69 Å². The van der Waals surface area contributed by atoms with Gasteiger partial charge in [0.15, 0.2) is 5.75 Å². The number of ether oxygens (including phenoxy) is 1. The predicted molar refractivity (Wildman–Crippen MR) is 127 cm³/mol. The predicted octanol–water partition coefficient (Wildman–Crippen LogP) is 3.34. The van der Waals surface area contributed by atoms with Gasteiger partial charge >= 0.3 is 0 Å². The van der Waals surface area contributed by atoms with Crippen LogP contribution in [0.3, 0.4) is 0 Å². The third-order valence-electron chi connectivity index (χ3n) is 5.06. The Balaban J connectivity index is 1.50. The minimum Gasteiger partial charge on any atom is -0.455 e. The first-order valence-corrected chi connectivity index (χ1v) is 11.2. The first kappa shape index (κ1) is 23.8. The number of amides is 2. The van der Waals surface area contributed by atoms with Crippen molar-refractivity contribution < 1.29 is 14.3 Å². The minimum atomic E-state index is -0.229. The highest BCUT2D eigenvalue weighted by Crippen LogP contribution is 2.29. The van der Waals surface area contributed by atoms with E-state index in [9.17, 15) is 9.59 Å². The number of hydrogen-bond acceptors (Lipinski definition) is 5. The van der Waals surface area contributed by atoms with E-state index in [1.807, 2.05) is 75.4 Å². The van der Waals surface area contributed by atoms with Crippen molar-refractivity contribution in [2.24, 2.45) is 0 Å². The molecule has 1 fully saturated rings. The molecule has 0 aromatic heterocycles. The number of carbonyl (C=O) groups excluding carboxylic acids is 2. The zero-order chi connectivity index (χ0) is 23.0. The number of nitrogens with zero attached hydrogens (tertiary/aromatic N) is 2. The van der Waals surface area contributed by atoms with Gasteiger partial charge in [0.2, 0.25) is 11.8 Å². The molecule has 1 aliphatic rings. The smallest absolute Gasteiger partial charge is 0.238 e. The number of nitrogens with one attached hydrogen (secondary N) is 2. The van der Waals surface area contributed by atoms with Gasteiger partial charge in [-0.05, 0) is 64.5 Å². The fourth-order valence-corrected chi connectivity index (χ4v) is 3.67. The Morgan fingerprint density at radius 3 is 2.09 bits per heavy atom. The number of rotatable bonds is 7. The summed E-state index contributed by atoms with van der Waals surface area (Å²) in [6.45, 7) is 9.83. The summed E-state index contributed by atoms with van der Waals surface area (Å²) >= 11 is 0. The van der Waals surface area contributed by atoms with Crippen LogP contribution in [-0.2, 0) is 9.59 Å². The van der Waals surface area contributed by atoms with Crippen LogP contribution >= 0.6 is 0 Å². The molecule has 1 heterocycles. The molecule has 0 bridgehead atoms. The lowest BCUT2D eigenvalue weighted by atomic mass is 10.1.